The molecule has 5 heteroatoms. The van der Waals surface area contributed by atoms with Crippen LogP contribution in [-0.4, -0.2) is 28.8 Å². The summed E-state index contributed by atoms with van der Waals surface area (Å²) in [5, 5.41) is 11.5. The zero-order valence-corrected chi connectivity index (χ0v) is 12.0. The van der Waals surface area contributed by atoms with Crippen LogP contribution in [0, 0.1) is 12.8 Å². The number of carboxylic acids is 1. The second-order valence-corrected chi connectivity index (χ2v) is 5.51. The second kappa shape index (κ2) is 6.52. The smallest absolute Gasteiger partial charge is 0.326 e. The van der Waals surface area contributed by atoms with E-state index in [1.54, 1.807) is 12.1 Å². The number of carbonyl (C=O) groups is 3. The number of ketones is 1. The Morgan fingerprint density at radius 1 is 1.19 bits per heavy atom. The van der Waals surface area contributed by atoms with Gasteiger partial charge in [0.1, 0.15) is 6.04 Å². The fraction of sp³-hybridized carbons (Fsp3) is 0.438. The molecule has 0 aliphatic heterocycles. The Hall–Kier alpha value is -2.17. The summed E-state index contributed by atoms with van der Waals surface area (Å²) in [6, 6.07) is 6.36. The van der Waals surface area contributed by atoms with Crippen LogP contribution in [0.1, 0.15) is 41.6 Å². The maximum Gasteiger partial charge on any atom is 0.326 e. The van der Waals surface area contributed by atoms with Gasteiger partial charge >= 0.3 is 5.97 Å². The van der Waals surface area contributed by atoms with Crippen LogP contribution < -0.4 is 5.32 Å². The Balaban J connectivity index is 1.81. The van der Waals surface area contributed by atoms with Crippen molar-refractivity contribution in [1.29, 1.82) is 0 Å². The molecule has 1 amide bonds. The van der Waals surface area contributed by atoms with Crippen LogP contribution in [0.25, 0.3) is 0 Å². The molecule has 0 heterocycles. The number of benzene rings is 1. The highest BCUT2D eigenvalue weighted by molar-refractivity contribution is 5.98. The third kappa shape index (κ3) is 4.41. The van der Waals surface area contributed by atoms with E-state index in [9.17, 15) is 14.4 Å². The summed E-state index contributed by atoms with van der Waals surface area (Å²) in [5.74, 6) is -1.45. The predicted molar refractivity (Wildman–Crippen MR) is 77.0 cm³/mol. The van der Waals surface area contributed by atoms with Crippen molar-refractivity contribution in [2.24, 2.45) is 5.92 Å². The minimum atomic E-state index is -1.00. The minimum absolute atomic E-state index is 0.0171. The number of rotatable bonds is 7. The second-order valence-electron chi connectivity index (χ2n) is 5.51. The fourth-order valence-electron chi connectivity index (χ4n) is 2.17. The zero-order valence-electron chi connectivity index (χ0n) is 12.0. The van der Waals surface area contributed by atoms with Gasteiger partial charge in [0.05, 0.1) is 0 Å². The standard InChI is InChI=1S/C16H19NO4/c1-10-2-4-11(5-3-10)13(18)8-9-14(19)17-15(16(20)21)12-6-7-12/h2-5,12,15H,6-9H2,1H3,(H,17,19)(H,20,21). The lowest BCUT2D eigenvalue weighted by Crippen LogP contribution is -2.42. The highest BCUT2D eigenvalue weighted by Crippen LogP contribution is 2.32. The number of nitrogens with one attached hydrogen (secondary N) is 1. The molecule has 1 aliphatic rings. The van der Waals surface area contributed by atoms with Gasteiger partial charge in [-0.25, -0.2) is 4.79 Å². The summed E-state index contributed by atoms with van der Waals surface area (Å²) in [6.07, 6.45) is 1.77. The normalized spacial score (nSPS) is 15.3. The first kappa shape index (κ1) is 15.2. The molecule has 1 saturated carbocycles. The van der Waals surface area contributed by atoms with Crippen molar-refractivity contribution in [1.82, 2.24) is 5.32 Å². The number of aliphatic carboxylic acids is 1. The van der Waals surface area contributed by atoms with E-state index in [1.807, 2.05) is 19.1 Å². The lowest BCUT2D eigenvalue weighted by Gasteiger charge is -2.13. The number of aryl methyl sites for hydroxylation is 1. The first-order chi connectivity index (χ1) is 9.97. The molecule has 5 nitrogen and oxygen atoms in total. The molecule has 0 bridgehead atoms. The minimum Gasteiger partial charge on any atom is -0.480 e. The summed E-state index contributed by atoms with van der Waals surface area (Å²) >= 11 is 0. The van der Waals surface area contributed by atoms with Gasteiger partial charge in [-0.1, -0.05) is 29.8 Å². The van der Waals surface area contributed by atoms with Gasteiger partial charge in [0.25, 0.3) is 0 Å². The molecule has 1 aliphatic carbocycles. The van der Waals surface area contributed by atoms with E-state index in [0.29, 0.717) is 5.56 Å². The molecule has 0 radical (unpaired) electrons. The summed E-state index contributed by atoms with van der Waals surface area (Å²) in [7, 11) is 0. The summed E-state index contributed by atoms with van der Waals surface area (Å²) in [5.41, 5.74) is 1.64. The lowest BCUT2D eigenvalue weighted by atomic mass is 10.0. The van der Waals surface area contributed by atoms with Crippen molar-refractivity contribution in [3.63, 3.8) is 0 Å². The fourth-order valence-corrected chi connectivity index (χ4v) is 2.17. The monoisotopic (exact) mass is 289 g/mol. The zero-order chi connectivity index (χ0) is 15.4. The summed E-state index contributed by atoms with van der Waals surface area (Å²) < 4.78 is 0. The van der Waals surface area contributed by atoms with Crippen LogP contribution in [0.15, 0.2) is 24.3 Å². The average molecular weight is 289 g/mol. The van der Waals surface area contributed by atoms with E-state index in [4.69, 9.17) is 5.11 Å². The Labute approximate surface area is 123 Å². The van der Waals surface area contributed by atoms with E-state index in [2.05, 4.69) is 5.32 Å². The third-order valence-corrected chi connectivity index (χ3v) is 3.63. The molecule has 1 atom stereocenters. The van der Waals surface area contributed by atoms with Crippen LogP contribution >= 0.6 is 0 Å². The number of amides is 1. The van der Waals surface area contributed by atoms with Gasteiger partial charge in [0.15, 0.2) is 5.78 Å². The van der Waals surface area contributed by atoms with Gasteiger partial charge in [0, 0.05) is 18.4 Å². The van der Waals surface area contributed by atoms with Crippen LogP contribution in [0.3, 0.4) is 0 Å². The highest BCUT2D eigenvalue weighted by Gasteiger charge is 2.37. The molecule has 21 heavy (non-hydrogen) atoms. The average Bonchev–Trinajstić information content (AvgIpc) is 3.27. The van der Waals surface area contributed by atoms with Gasteiger partial charge in [-0.3, -0.25) is 9.59 Å². The molecule has 2 N–H and O–H groups in total. The number of Topliss-reactive ketones (excluding diaryl/α,β-unsaturated/α-hetero) is 1. The van der Waals surface area contributed by atoms with Crippen molar-refractivity contribution < 1.29 is 19.5 Å². The van der Waals surface area contributed by atoms with Gasteiger partial charge in [-0.15, -0.1) is 0 Å². The molecule has 1 aromatic carbocycles. The van der Waals surface area contributed by atoms with E-state index in [1.165, 1.54) is 0 Å². The van der Waals surface area contributed by atoms with Crippen LogP contribution in [0.4, 0.5) is 0 Å². The Morgan fingerprint density at radius 2 is 1.81 bits per heavy atom. The number of carbonyl (C=O) groups excluding carboxylic acids is 2. The van der Waals surface area contributed by atoms with E-state index in [-0.39, 0.29) is 30.4 Å². The van der Waals surface area contributed by atoms with Crippen molar-refractivity contribution in [3.8, 4) is 0 Å². The molecular weight excluding hydrogens is 270 g/mol. The molecule has 112 valence electrons. The molecule has 2 rings (SSSR count). The van der Waals surface area contributed by atoms with Crippen LogP contribution in [0.5, 0.6) is 0 Å². The Bertz CT molecular complexity index is 546. The quantitative estimate of drug-likeness (QED) is 0.751. The third-order valence-electron chi connectivity index (χ3n) is 3.63. The first-order valence-corrected chi connectivity index (χ1v) is 7.09. The molecular formula is C16H19NO4. The number of hydrogen-bond donors (Lipinski definition) is 2. The van der Waals surface area contributed by atoms with Gasteiger partial charge in [0.2, 0.25) is 5.91 Å². The molecule has 0 spiro atoms. The van der Waals surface area contributed by atoms with Crippen molar-refractivity contribution in [2.45, 2.75) is 38.6 Å². The Kier molecular flexibility index (Phi) is 4.73. The number of hydrogen-bond acceptors (Lipinski definition) is 3. The maximum atomic E-state index is 11.9. The van der Waals surface area contributed by atoms with E-state index < -0.39 is 12.0 Å². The van der Waals surface area contributed by atoms with Crippen molar-refractivity contribution >= 4 is 17.7 Å². The largest absolute Gasteiger partial charge is 0.480 e. The van der Waals surface area contributed by atoms with Gasteiger partial charge in [-0.05, 0) is 25.7 Å². The summed E-state index contributed by atoms with van der Waals surface area (Å²) in [4.78, 5) is 34.7. The topological polar surface area (TPSA) is 83.5 Å². The molecule has 1 unspecified atom stereocenters. The van der Waals surface area contributed by atoms with Crippen LogP contribution in [-0.2, 0) is 9.59 Å². The molecule has 0 saturated heterocycles. The Morgan fingerprint density at radius 3 is 2.33 bits per heavy atom. The van der Waals surface area contributed by atoms with Crippen molar-refractivity contribution in [2.75, 3.05) is 0 Å². The summed E-state index contributed by atoms with van der Waals surface area (Å²) in [6.45, 7) is 1.94. The first-order valence-electron chi connectivity index (χ1n) is 7.09. The van der Waals surface area contributed by atoms with Crippen LogP contribution in [0.2, 0.25) is 0 Å². The van der Waals surface area contributed by atoms with E-state index in [0.717, 1.165) is 18.4 Å². The van der Waals surface area contributed by atoms with Crippen molar-refractivity contribution in [3.05, 3.63) is 35.4 Å². The lowest BCUT2D eigenvalue weighted by molar-refractivity contribution is -0.142. The highest BCUT2D eigenvalue weighted by atomic mass is 16.4. The molecule has 1 fully saturated rings. The SMILES string of the molecule is Cc1ccc(C(=O)CCC(=O)NC(C(=O)O)C2CC2)cc1. The maximum absolute atomic E-state index is 11.9. The predicted octanol–water partition coefficient (Wildman–Crippen LogP) is 1.94. The number of carboxylic acid groups (broad SMARTS) is 1. The molecule has 1 aromatic rings. The molecule has 0 aromatic heterocycles. The van der Waals surface area contributed by atoms with Gasteiger partial charge in [-0.2, -0.15) is 0 Å². The van der Waals surface area contributed by atoms with E-state index >= 15 is 0 Å². The van der Waals surface area contributed by atoms with Gasteiger partial charge < -0.3 is 10.4 Å².